The first-order valence-electron chi connectivity index (χ1n) is 6.00. The molecule has 1 amide bonds. The molecule has 1 aromatic rings. The molecular formula is C13H18N2O2. The Kier molecular flexibility index (Phi) is 3.64. The number of primary amides is 1. The van der Waals surface area contributed by atoms with Crippen molar-refractivity contribution in [2.24, 2.45) is 5.73 Å². The van der Waals surface area contributed by atoms with Crippen LogP contribution < -0.4 is 15.8 Å². The molecule has 17 heavy (non-hydrogen) atoms. The Hall–Kier alpha value is -1.55. The standard InChI is InChI=1S/C13H18N2O2/c1-2-6-15-12(13(14)16)10-3-4-11-9(8-10)5-7-17-11/h3-4,8,12,15H,2,5-7H2,1H3,(H2,14,16). The van der Waals surface area contributed by atoms with Gasteiger partial charge in [0.2, 0.25) is 5.91 Å². The third-order valence-electron chi connectivity index (χ3n) is 2.93. The SMILES string of the molecule is CCCNC(C(N)=O)c1ccc2c(c1)CCO2. The second kappa shape index (κ2) is 5.19. The van der Waals surface area contributed by atoms with Gasteiger partial charge in [0.25, 0.3) is 0 Å². The van der Waals surface area contributed by atoms with Gasteiger partial charge in [-0.3, -0.25) is 4.79 Å². The van der Waals surface area contributed by atoms with E-state index >= 15 is 0 Å². The number of amides is 1. The predicted octanol–water partition coefficient (Wildman–Crippen LogP) is 1.15. The fourth-order valence-electron chi connectivity index (χ4n) is 2.06. The molecule has 1 aliphatic rings. The van der Waals surface area contributed by atoms with Crippen molar-refractivity contribution in [3.63, 3.8) is 0 Å². The highest BCUT2D eigenvalue weighted by Gasteiger charge is 2.20. The number of fused-ring (bicyclic) bond motifs is 1. The molecular weight excluding hydrogens is 216 g/mol. The molecule has 0 saturated heterocycles. The summed E-state index contributed by atoms with van der Waals surface area (Å²) in [5, 5.41) is 3.16. The molecule has 0 spiro atoms. The Labute approximate surface area is 101 Å². The van der Waals surface area contributed by atoms with E-state index in [4.69, 9.17) is 10.5 Å². The van der Waals surface area contributed by atoms with Crippen molar-refractivity contribution in [3.05, 3.63) is 29.3 Å². The normalized spacial score (nSPS) is 15.1. The minimum atomic E-state index is -0.402. The van der Waals surface area contributed by atoms with Gasteiger partial charge in [-0.15, -0.1) is 0 Å². The van der Waals surface area contributed by atoms with Crippen LogP contribution in [0.2, 0.25) is 0 Å². The number of hydrogen-bond donors (Lipinski definition) is 2. The second-order valence-electron chi connectivity index (χ2n) is 4.26. The molecule has 0 aromatic heterocycles. The summed E-state index contributed by atoms with van der Waals surface area (Å²) in [7, 11) is 0. The Morgan fingerprint density at radius 2 is 2.41 bits per heavy atom. The first-order chi connectivity index (χ1) is 8.22. The van der Waals surface area contributed by atoms with Gasteiger partial charge >= 0.3 is 0 Å². The van der Waals surface area contributed by atoms with Gasteiger partial charge in [-0.2, -0.15) is 0 Å². The summed E-state index contributed by atoms with van der Waals surface area (Å²) in [6.45, 7) is 3.56. The zero-order valence-corrected chi connectivity index (χ0v) is 10.0. The highest BCUT2D eigenvalue weighted by molar-refractivity contribution is 5.81. The molecule has 0 bridgehead atoms. The molecule has 4 heteroatoms. The molecule has 1 aromatic carbocycles. The van der Waals surface area contributed by atoms with Gasteiger partial charge in [0, 0.05) is 6.42 Å². The second-order valence-corrected chi connectivity index (χ2v) is 4.26. The summed E-state index contributed by atoms with van der Waals surface area (Å²) in [5.74, 6) is 0.588. The number of carbonyl (C=O) groups excluding carboxylic acids is 1. The third kappa shape index (κ3) is 2.58. The summed E-state index contributed by atoms with van der Waals surface area (Å²) in [5.41, 5.74) is 7.51. The summed E-state index contributed by atoms with van der Waals surface area (Å²) in [6.07, 6.45) is 1.88. The van der Waals surface area contributed by atoms with E-state index in [9.17, 15) is 4.79 Å². The Bertz CT molecular complexity index is 418. The van der Waals surface area contributed by atoms with Crippen molar-refractivity contribution in [2.75, 3.05) is 13.2 Å². The van der Waals surface area contributed by atoms with Crippen molar-refractivity contribution in [3.8, 4) is 5.75 Å². The number of nitrogens with two attached hydrogens (primary N) is 1. The average molecular weight is 234 g/mol. The van der Waals surface area contributed by atoms with Gasteiger partial charge in [0.1, 0.15) is 11.8 Å². The van der Waals surface area contributed by atoms with Crippen LogP contribution in [-0.2, 0) is 11.2 Å². The first-order valence-corrected chi connectivity index (χ1v) is 6.00. The fourth-order valence-corrected chi connectivity index (χ4v) is 2.06. The van der Waals surface area contributed by atoms with Crippen LogP contribution in [0.4, 0.5) is 0 Å². The number of ether oxygens (including phenoxy) is 1. The topological polar surface area (TPSA) is 64.3 Å². The molecule has 4 nitrogen and oxygen atoms in total. The van der Waals surface area contributed by atoms with E-state index in [0.29, 0.717) is 0 Å². The van der Waals surface area contributed by atoms with Crippen LogP contribution in [0.25, 0.3) is 0 Å². The van der Waals surface area contributed by atoms with Gasteiger partial charge in [0.15, 0.2) is 0 Å². The molecule has 1 aliphatic heterocycles. The van der Waals surface area contributed by atoms with Crippen LogP contribution in [-0.4, -0.2) is 19.1 Å². The van der Waals surface area contributed by atoms with E-state index in [1.54, 1.807) is 0 Å². The van der Waals surface area contributed by atoms with E-state index in [1.165, 1.54) is 0 Å². The lowest BCUT2D eigenvalue weighted by atomic mass is 10.0. The third-order valence-corrected chi connectivity index (χ3v) is 2.93. The average Bonchev–Trinajstić information content (AvgIpc) is 2.76. The van der Waals surface area contributed by atoms with E-state index in [-0.39, 0.29) is 5.91 Å². The smallest absolute Gasteiger partial charge is 0.239 e. The number of rotatable bonds is 5. The summed E-state index contributed by atoms with van der Waals surface area (Å²) < 4.78 is 5.44. The van der Waals surface area contributed by atoms with Crippen LogP contribution >= 0.6 is 0 Å². The molecule has 3 N–H and O–H groups in total. The minimum absolute atomic E-state index is 0.336. The molecule has 1 heterocycles. The summed E-state index contributed by atoms with van der Waals surface area (Å²) >= 11 is 0. The van der Waals surface area contributed by atoms with Gasteiger partial charge in [-0.05, 0) is 36.2 Å². The highest BCUT2D eigenvalue weighted by Crippen LogP contribution is 2.28. The van der Waals surface area contributed by atoms with Crippen LogP contribution in [0.15, 0.2) is 18.2 Å². The lowest BCUT2D eigenvalue weighted by Gasteiger charge is -2.16. The van der Waals surface area contributed by atoms with Crippen LogP contribution in [0, 0.1) is 0 Å². The lowest BCUT2D eigenvalue weighted by Crippen LogP contribution is -2.34. The van der Waals surface area contributed by atoms with Crippen molar-refractivity contribution in [2.45, 2.75) is 25.8 Å². The van der Waals surface area contributed by atoms with Crippen LogP contribution in [0.1, 0.15) is 30.5 Å². The highest BCUT2D eigenvalue weighted by atomic mass is 16.5. The molecule has 0 saturated carbocycles. The molecule has 0 fully saturated rings. The first kappa shape index (κ1) is 11.9. The lowest BCUT2D eigenvalue weighted by molar-refractivity contribution is -0.120. The van der Waals surface area contributed by atoms with E-state index in [0.717, 1.165) is 42.9 Å². The quantitative estimate of drug-likeness (QED) is 0.803. The van der Waals surface area contributed by atoms with Crippen molar-refractivity contribution < 1.29 is 9.53 Å². The maximum atomic E-state index is 11.4. The zero-order chi connectivity index (χ0) is 12.3. The minimum Gasteiger partial charge on any atom is -0.493 e. The number of nitrogens with one attached hydrogen (secondary N) is 1. The molecule has 0 aliphatic carbocycles. The Morgan fingerprint density at radius 3 is 3.12 bits per heavy atom. The monoisotopic (exact) mass is 234 g/mol. The van der Waals surface area contributed by atoms with Gasteiger partial charge in [-0.1, -0.05) is 13.0 Å². The Balaban J connectivity index is 2.20. The van der Waals surface area contributed by atoms with Gasteiger partial charge in [0.05, 0.1) is 6.61 Å². The Morgan fingerprint density at radius 1 is 1.59 bits per heavy atom. The molecule has 2 rings (SSSR count). The zero-order valence-electron chi connectivity index (χ0n) is 10.0. The maximum absolute atomic E-state index is 11.4. The number of hydrogen-bond acceptors (Lipinski definition) is 3. The maximum Gasteiger partial charge on any atom is 0.239 e. The van der Waals surface area contributed by atoms with Crippen molar-refractivity contribution >= 4 is 5.91 Å². The molecule has 1 atom stereocenters. The molecule has 1 unspecified atom stereocenters. The van der Waals surface area contributed by atoms with E-state index in [2.05, 4.69) is 12.2 Å². The van der Waals surface area contributed by atoms with Crippen LogP contribution in [0.5, 0.6) is 5.75 Å². The van der Waals surface area contributed by atoms with Crippen molar-refractivity contribution in [1.82, 2.24) is 5.32 Å². The van der Waals surface area contributed by atoms with E-state index in [1.807, 2.05) is 18.2 Å². The predicted molar refractivity (Wildman–Crippen MR) is 65.9 cm³/mol. The molecule has 92 valence electrons. The van der Waals surface area contributed by atoms with Gasteiger partial charge in [-0.25, -0.2) is 0 Å². The van der Waals surface area contributed by atoms with Crippen LogP contribution in [0.3, 0.4) is 0 Å². The van der Waals surface area contributed by atoms with Gasteiger partial charge < -0.3 is 15.8 Å². The largest absolute Gasteiger partial charge is 0.493 e. The molecule has 0 radical (unpaired) electrons. The van der Waals surface area contributed by atoms with E-state index < -0.39 is 6.04 Å². The summed E-state index contributed by atoms with van der Waals surface area (Å²) in [4.78, 5) is 11.4. The summed E-state index contributed by atoms with van der Waals surface area (Å²) in [6, 6.07) is 5.44. The van der Waals surface area contributed by atoms with Crippen molar-refractivity contribution in [1.29, 1.82) is 0 Å². The fraction of sp³-hybridized carbons (Fsp3) is 0.462. The number of carbonyl (C=O) groups is 1. The number of benzene rings is 1.